The van der Waals surface area contributed by atoms with Crippen LogP contribution in [0.25, 0.3) is 0 Å². The number of nitrogens with zero attached hydrogens (tertiary/aromatic N) is 2. The molecule has 2 saturated heterocycles. The lowest BCUT2D eigenvalue weighted by Gasteiger charge is -2.25. The van der Waals surface area contributed by atoms with Gasteiger partial charge in [0.15, 0.2) is 11.5 Å². The van der Waals surface area contributed by atoms with Crippen molar-refractivity contribution in [3.8, 4) is 11.5 Å². The zero-order valence-electron chi connectivity index (χ0n) is 14.8. The van der Waals surface area contributed by atoms with E-state index in [1.807, 2.05) is 12.1 Å². The number of methoxy groups -OCH3 is 1. The monoisotopic (exact) mass is 366 g/mol. The Hall–Kier alpha value is -1.27. The lowest BCUT2D eigenvalue weighted by atomic mass is 10.2. The Morgan fingerprint density at radius 2 is 2.08 bits per heavy atom. The molecule has 0 amide bonds. The SMILES string of the molecule is C=CCOc1c(Cl)cc(CN2C[C@@H](O)[C@H](N3CCCC3)C2)cc1OC. The van der Waals surface area contributed by atoms with Crippen LogP contribution in [0, 0.1) is 0 Å². The first-order chi connectivity index (χ1) is 12.1. The molecule has 138 valence electrons. The minimum atomic E-state index is -0.286. The van der Waals surface area contributed by atoms with Crippen molar-refractivity contribution in [1.82, 2.24) is 9.80 Å². The summed E-state index contributed by atoms with van der Waals surface area (Å²) in [6.45, 7) is 8.54. The second-order valence-corrected chi connectivity index (χ2v) is 7.19. The smallest absolute Gasteiger partial charge is 0.180 e. The van der Waals surface area contributed by atoms with E-state index in [4.69, 9.17) is 21.1 Å². The molecule has 0 bridgehead atoms. The van der Waals surface area contributed by atoms with Gasteiger partial charge in [-0.1, -0.05) is 24.3 Å². The molecule has 2 heterocycles. The summed E-state index contributed by atoms with van der Waals surface area (Å²) in [5.74, 6) is 1.17. The standard InChI is InChI=1S/C19H27ClN2O3/c1-3-8-25-19-15(20)9-14(10-18(19)24-2)11-21-12-16(17(23)13-21)22-6-4-5-7-22/h3,9-10,16-17,23H,1,4-8,11-13H2,2H3/t16-,17-/m1/s1. The highest BCUT2D eigenvalue weighted by Gasteiger charge is 2.36. The number of hydrogen-bond acceptors (Lipinski definition) is 5. The number of aliphatic hydroxyl groups excluding tert-OH is 1. The van der Waals surface area contributed by atoms with E-state index < -0.39 is 0 Å². The number of ether oxygens (including phenoxy) is 2. The maximum atomic E-state index is 10.4. The van der Waals surface area contributed by atoms with Crippen LogP contribution in [0.15, 0.2) is 24.8 Å². The van der Waals surface area contributed by atoms with Crippen molar-refractivity contribution in [2.75, 3.05) is 39.9 Å². The zero-order chi connectivity index (χ0) is 17.8. The number of β-amino-alcohol motifs (C(OH)–C–C–N with tert-alkyl or cyclic N) is 1. The number of hydrogen-bond donors (Lipinski definition) is 1. The van der Waals surface area contributed by atoms with Crippen LogP contribution in [-0.4, -0.2) is 66.9 Å². The van der Waals surface area contributed by atoms with E-state index in [2.05, 4.69) is 16.4 Å². The second-order valence-electron chi connectivity index (χ2n) is 6.78. The van der Waals surface area contributed by atoms with E-state index in [-0.39, 0.29) is 12.1 Å². The van der Waals surface area contributed by atoms with E-state index in [0.29, 0.717) is 29.7 Å². The largest absolute Gasteiger partial charge is 0.493 e. The summed E-state index contributed by atoms with van der Waals surface area (Å²) in [5, 5.41) is 11.0. The number of halogens is 1. The van der Waals surface area contributed by atoms with E-state index in [9.17, 15) is 5.11 Å². The van der Waals surface area contributed by atoms with E-state index in [0.717, 1.165) is 31.7 Å². The van der Waals surface area contributed by atoms with E-state index in [1.54, 1.807) is 13.2 Å². The van der Waals surface area contributed by atoms with Crippen LogP contribution in [0.5, 0.6) is 11.5 Å². The van der Waals surface area contributed by atoms with Crippen LogP contribution >= 0.6 is 11.6 Å². The predicted molar refractivity (Wildman–Crippen MR) is 99.6 cm³/mol. The third-order valence-electron chi connectivity index (χ3n) is 4.99. The Morgan fingerprint density at radius 3 is 2.76 bits per heavy atom. The zero-order valence-corrected chi connectivity index (χ0v) is 15.5. The van der Waals surface area contributed by atoms with Gasteiger partial charge in [-0.05, 0) is 43.6 Å². The average molecular weight is 367 g/mol. The number of likely N-dealkylation sites (tertiary alicyclic amines) is 2. The van der Waals surface area contributed by atoms with Gasteiger partial charge in [0.1, 0.15) is 6.61 Å². The van der Waals surface area contributed by atoms with Crippen LogP contribution in [0.3, 0.4) is 0 Å². The van der Waals surface area contributed by atoms with Gasteiger partial charge in [0.25, 0.3) is 0 Å². The lowest BCUT2D eigenvalue weighted by Crippen LogP contribution is -2.41. The van der Waals surface area contributed by atoms with Crippen LogP contribution in [-0.2, 0) is 6.54 Å². The van der Waals surface area contributed by atoms with E-state index in [1.165, 1.54) is 12.8 Å². The molecule has 1 aromatic carbocycles. The van der Waals surface area contributed by atoms with Crippen LogP contribution in [0.4, 0.5) is 0 Å². The molecule has 0 unspecified atom stereocenters. The van der Waals surface area contributed by atoms with Crippen molar-refractivity contribution < 1.29 is 14.6 Å². The van der Waals surface area contributed by atoms with Gasteiger partial charge in [-0.25, -0.2) is 0 Å². The molecular weight excluding hydrogens is 340 g/mol. The summed E-state index contributed by atoms with van der Waals surface area (Å²) >= 11 is 6.38. The van der Waals surface area contributed by atoms with Crippen molar-refractivity contribution >= 4 is 11.6 Å². The molecule has 6 heteroatoms. The first kappa shape index (κ1) is 18.5. The highest BCUT2D eigenvalue weighted by molar-refractivity contribution is 6.32. The highest BCUT2D eigenvalue weighted by Crippen LogP contribution is 2.37. The first-order valence-corrected chi connectivity index (χ1v) is 9.24. The Kier molecular flexibility index (Phi) is 6.23. The maximum absolute atomic E-state index is 10.4. The quantitative estimate of drug-likeness (QED) is 0.751. The average Bonchev–Trinajstić information content (AvgIpc) is 3.23. The molecule has 2 aliphatic heterocycles. The van der Waals surface area contributed by atoms with Crippen molar-refractivity contribution in [1.29, 1.82) is 0 Å². The first-order valence-electron chi connectivity index (χ1n) is 8.87. The van der Waals surface area contributed by atoms with Crippen molar-refractivity contribution in [3.05, 3.63) is 35.4 Å². The summed E-state index contributed by atoms with van der Waals surface area (Å²) < 4.78 is 11.0. The Balaban J connectivity index is 1.68. The minimum Gasteiger partial charge on any atom is -0.493 e. The van der Waals surface area contributed by atoms with Gasteiger partial charge in [0.2, 0.25) is 0 Å². The Morgan fingerprint density at radius 1 is 1.32 bits per heavy atom. The summed E-state index contributed by atoms with van der Waals surface area (Å²) in [5.41, 5.74) is 1.06. The fourth-order valence-electron chi connectivity index (χ4n) is 3.81. The van der Waals surface area contributed by atoms with Gasteiger partial charge in [-0.3, -0.25) is 9.80 Å². The lowest BCUT2D eigenvalue weighted by molar-refractivity contribution is 0.0978. The Labute approximate surface area is 154 Å². The van der Waals surface area contributed by atoms with Crippen molar-refractivity contribution in [3.63, 3.8) is 0 Å². The molecule has 1 aromatic rings. The predicted octanol–water partition coefficient (Wildman–Crippen LogP) is 2.55. The van der Waals surface area contributed by atoms with Gasteiger partial charge in [-0.2, -0.15) is 0 Å². The molecule has 5 nitrogen and oxygen atoms in total. The molecule has 1 N–H and O–H groups in total. The maximum Gasteiger partial charge on any atom is 0.180 e. The summed E-state index contributed by atoms with van der Waals surface area (Å²) in [4.78, 5) is 4.70. The van der Waals surface area contributed by atoms with E-state index >= 15 is 0 Å². The number of aliphatic hydroxyl groups is 1. The molecule has 2 fully saturated rings. The van der Waals surface area contributed by atoms with Gasteiger partial charge in [0.05, 0.1) is 18.2 Å². The topological polar surface area (TPSA) is 45.2 Å². The molecule has 3 rings (SSSR count). The van der Waals surface area contributed by atoms with Crippen LogP contribution in [0.1, 0.15) is 18.4 Å². The Bertz CT molecular complexity index is 605. The summed E-state index contributed by atoms with van der Waals surface area (Å²) in [6, 6.07) is 4.12. The van der Waals surface area contributed by atoms with Crippen molar-refractivity contribution in [2.24, 2.45) is 0 Å². The van der Waals surface area contributed by atoms with Gasteiger partial charge in [-0.15, -0.1) is 0 Å². The van der Waals surface area contributed by atoms with Gasteiger partial charge >= 0.3 is 0 Å². The fraction of sp³-hybridized carbons (Fsp3) is 0.579. The van der Waals surface area contributed by atoms with Gasteiger partial charge < -0.3 is 14.6 Å². The molecular formula is C19H27ClN2O3. The molecule has 0 aliphatic carbocycles. The molecule has 25 heavy (non-hydrogen) atoms. The molecule has 0 aromatic heterocycles. The molecule has 0 radical (unpaired) electrons. The third-order valence-corrected chi connectivity index (χ3v) is 5.27. The number of benzene rings is 1. The van der Waals surface area contributed by atoms with Crippen molar-refractivity contribution in [2.45, 2.75) is 31.5 Å². The summed E-state index contributed by atoms with van der Waals surface area (Å²) in [7, 11) is 1.61. The highest BCUT2D eigenvalue weighted by atomic mass is 35.5. The van der Waals surface area contributed by atoms with Crippen LogP contribution in [0.2, 0.25) is 5.02 Å². The molecule has 0 spiro atoms. The molecule has 0 saturated carbocycles. The third kappa shape index (κ3) is 4.29. The number of rotatable bonds is 7. The normalized spacial score (nSPS) is 24.6. The minimum absolute atomic E-state index is 0.245. The summed E-state index contributed by atoms with van der Waals surface area (Å²) in [6.07, 6.45) is 3.86. The van der Waals surface area contributed by atoms with Gasteiger partial charge in [0, 0.05) is 25.7 Å². The molecule has 2 aliphatic rings. The fourth-order valence-corrected chi connectivity index (χ4v) is 4.10. The molecule has 2 atom stereocenters. The second kappa shape index (κ2) is 8.41. The van der Waals surface area contributed by atoms with Crippen LogP contribution < -0.4 is 9.47 Å².